The molecule has 3 aromatic rings. The molecule has 0 fully saturated rings. The summed E-state index contributed by atoms with van der Waals surface area (Å²) in [6.07, 6.45) is 0. The highest BCUT2D eigenvalue weighted by atomic mass is 32.2. The summed E-state index contributed by atoms with van der Waals surface area (Å²) >= 11 is 1.23. The van der Waals surface area contributed by atoms with Crippen LogP contribution in [0, 0.1) is 0 Å². The van der Waals surface area contributed by atoms with E-state index in [2.05, 4.69) is 4.98 Å². The Hall–Kier alpha value is -3.00. The van der Waals surface area contributed by atoms with Gasteiger partial charge in [0.1, 0.15) is 11.5 Å². The zero-order valence-corrected chi connectivity index (χ0v) is 18.4. The van der Waals surface area contributed by atoms with Crippen molar-refractivity contribution in [3.05, 3.63) is 52.8 Å². The first kappa shape index (κ1) is 21.7. The smallest absolute Gasteiger partial charge is 0.266 e. The van der Waals surface area contributed by atoms with Crippen LogP contribution in [0.4, 0.5) is 0 Å². The summed E-state index contributed by atoms with van der Waals surface area (Å²) < 4.78 is 12.3. The van der Waals surface area contributed by atoms with Crippen molar-refractivity contribution >= 4 is 28.6 Å². The highest BCUT2D eigenvalue weighted by molar-refractivity contribution is 7.99. The molecule has 0 bridgehead atoms. The number of amides is 1. The van der Waals surface area contributed by atoms with E-state index in [1.165, 1.54) is 16.3 Å². The van der Waals surface area contributed by atoms with Gasteiger partial charge in [0.25, 0.3) is 5.56 Å². The quantitative estimate of drug-likeness (QED) is 0.405. The number of para-hydroxylation sites is 1. The summed E-state index contributed by atoms with van der Waals surface area (Å²) in [6, 6.07) is 12.4. The minimum atomic E-state index is -0.232. The highest BCUT2D eigenvalue weighted by Crippen LogP contribution is 2.30. The van der Waals surface area contributed by atoms with Crippen molar-refractivity contribution in [3.8, 4) is 17.2 Å². The van der Waals surface area contributed by atoms with Crippen LogP contribution in [0.2, 0.25) is 0 Å². The maximum absolute atomic E-state index is 13.4. The number of hydrogen-bond acceptors (Lipinski definition) is 6. The summed E-state index contributed by atoms with van der Waals surface area (Å²) in [7, 11) is 3.10. The fourth-order valence-corrected chi connectivity index (χ4v) is 4.10. The van der Waals surface area contributed by atoms with Gasteiger partial charge in [-0.15, -0.1) is 0 Å². The molecule has 3 rings (SSSR count). The number of hydrogen-bond donors (Lipinski definition) is 0. The molecule has 0 unspecified atom stereocenters. The van der Waals surface area contributed by atoms with E-state index in [0.29, 0.717) is 46.3 Å². The molecule has 0 atom stereocenters. The van der Waals surface area contributed by atoms with E-state index in [9.17, 15) is 9.59 Å². The number of carbonyl (C=O) groups is 1. The Balaban J connectivity index is 2.17. The van der Waals surface area contributed by atoms with E-state index in [4.69, 9.17) is 9.47 Å². The van der Waals surface area contributed by atoms with Crippen LogP contribution in [0.1, 0.15) is 13.8 Å². The van der Waals surface area contributed by atoms with Crippen LogP contribution in [0.15, 0.2) is 52.4 Å². The second-order valence-corrected chi connectivity index (χ2v) is 7.39. The first-order valence-corrected chi connectivity index (χ1v) is 10.7. The summed E-state index contributed by atoms with van der Waals surface area (Å²) in [5.74, 6) is 1.27. The third-order valence-corrected chi connectivity index (χ3v) is 5.74. The van der Waals surface area contributed by atoms with Gasteiger partial charge in [-0.2, -0.15) is 0 Å². The number of fused-ring (bicyclic) bond motifs is 1. The number of nitrogens with zero attached hydrogens (tertiary/aromatic N) is 3. The Kier molecular flexibility index (Phi) is 6.99. The molecule has 2 aromatic carbocycles. The Labute approximate surface area is 179 Å². The molecule has 0 aliphatic rings. The Bertz CT molecular complexity index is 1110. The lowest BCUT2D eigenvalue weighted by Gasteiger charge is -2.19. The lowest BCUT2D eigenvalue weighted by atomic mass is 10.2. The van der Waals surface area contributed by atoms with Gasteiger partial charge in [-0.05, 0) is 38.1 Å². The van der Waals surface area contributed by atoms with Crippen molar-refractivity contribution in [1.29, 1.82) is 0 Å². The monoisotopic (exact) mass is 427 g/mol. The zero-order chi connectivity index (χ0) is 21.7. The maximum Gasteiger partial charge on any atom is 0.266 e. The van der Waals surface area contributed by atoms with E-state index in [1.54, 1.807) is 55.5 Å². The van der Waals surface area contributed by atoms with Crippen LogP contribution in [0.5, 0.6) is 11.5 Å². The SMILES string of the molecule is CCN(CC)C(=O)CSc1nc2ccccc2c(=O)n1-c1cc(OC)ccc1OC. The highest BCUT2D eigenvalue weighted by Gasteiger charge is 2.19. The third kappa shape index (κ3) is 4.28. The average molecular weight is 428 g/mol. The van der Waals surface area contributed by atoms with E-state index >= 15 is 0 Å². The molecular weight excluding hydrogens is 402 g/mol. The van der Waals surface area contributed by atoms with Crippen LogP contribution in [-0.2, 0) is 4.79 Å². The molecule has 0 aliphatic heterocycles. The number of rotatable bonds is 8. The van der Waals surface area contributed by atoms with Gasteiger partial charge >= 0.3 is 0 Å². The number of aromatic nitrogens is 2. The van der Waals surface area contributed by atoms with Crippen molar-refractivity contribution in [3.63, 3.8) is 0 Å². The lowest BCUT2D eigenvalue weighted by Crippen LogP contribution is -2.32. The van der Waals surface area contributed by atoms with Crippen LogP contribution in [-0.4, -0.2) is 53.4 Å². The van der Waals surface area contributed by atoms with Crippen LogP contribution < -0.4 is 15.0 Å². The molecule has 0 radical (unpaired) electrons. The molecule has 0 N–H and O–H groups in total. The molecule has 0 saturated heterocycles. The molecule has 0 saturated carbocycles. The number of ether oxygens (including phenoxy) is 2. The van der Waals surface area contributed by atoms with Crippen LogP contribution >= 0.6 is 11.8 Å². The van der Waals surface area contributed by atoms with E-state index in [1.807, 2.05) is 19.9 Å². The Morgan fingerprint density at radius 1 is 1.10 bits per heavy atom. The molecule has 0 spiro atoms. The van der Waals surface area contributed by atoms with E-state index in [0.717, 1.165) is 0 Å². The normalized spacial score (nSPS) is 10.8. The zero-order valence-electron chi connectivity index (χ0n) is 17.5. The molecule has 1 heterocycles. The lowest BCUT2D eigenvalue weighted by molar-refractivity contribution is -0.127. The van der Waals surface area contributed by atoms with Crippen molar-refractivity contribution < 1.29 is 14.3 Å². The molecule has 8 heteroatoms. The van der Waals surface area contributed by atoms with Crippen LogP contribution in [0.25, 0.3) is 16.6 Å². The van der Waals surface area contributed by atoms with Gasteiger partial charge in [0.15, 0.2) is 5.16 Å². The van der Waals surface area contributed by atoms with Gasteiger partial charge in [-0.3, -0.25) is 14.2 Å². The summed E-state index contributed by atoms with van der Waals surface area (Å²) in [4.78, 5) is 32.4. The fraction of sp³-hybridized carbons (Fsp3) is 0.318. The first-order chi connectivity index (χ1) is 14.5. The molecule has 1 aromatic heterocycles. The molecule has 30 heavy (non-hydrogen) atoms. The molecule has 7 nitrogen and oxygen atoms in total. The van der Waals surface area contributed by atoms with Gasteiger partial charge in [-0.25, -0.2) is 4.98 Å². The predicted octanol–water partition coefficient (Wildman–Crippen LogP) is 3.36. The minimum absolute atomic E-state index is 0.00318. The van der Waals surface area contributed by atoms with Gasteiger partial charge in [0, 0.05) is 19.2 Å². The number of carbonyl (C=O) groups excluding carboxylic acids is 1. The topological polar surface area (TPSA) is 73.7 Å². The summed E-state index contributed by atoms with van der Waals surface area (Å²) in [5, 5.41) is 0.910. The van der Waals surface area contributed by atoms with Gasteiger partial charge in [0.05, 0.1) is 36.6 Å². The second-order valence-electron chi connectivity index (χ2n) is 6.44. The first-order valence-electron chi connectivity index (χ1n) is 9.68. The molecule has 1 amide bonds. The summed E-state index contributed by atoms with van der Waals surface area (Å²) in [5.41, 5.74) is 0.862. The number of benzene rings is 2. The van der Waals surface area contributed by atoms with Crippen molar-refractivity contribution in [2.75, 3.05) is 33.1 Å². The largest absolute Gasteiger partial charge is 0.497 e. The van der Waals surface area contributed by atoms with Gasteiger partial charge in [-0.1, -0.05) is 23.9 Å². The Morgan fingerprint density at radius 2 is 1.83 bits per heavy atom. The minimum Gasteiger partial charge on any atom is -0.497 e. The van der Waals surface area contributed by atoms with E-state index in [-0.39, 0.29) is 17.2 Å². The van der Waals surface area contributed by atoms with Crippen molar-refractivity contribution in [2.45, 2.75) is 19.0 Å². The van der Waals surface area contributed by atoms with Gasteiger partial charge in [0.2, 0.25) is 5.91 Å². The van der Waals surface area contributed by atoms with Gasteiger partial charge < -0.3 is 14.4 Å². The van der Waals surface area contributed by atoms with Crippen molar-refractivity contribution in [1.82, 2.24) is 14.5 Å². The molecule has 0 aliphatic carbocycles. The second kappa shape index (κ2) is 9.67. The molecule has 158 valence electrons. The van der Waals surface area contributed by atoms with Crippen molar-refractivity contribution in [2.24, 2.45) is 0 Å². The summed E-state index contributed by atoms with van der Waals surface area (Å²) in [6.45, 7) is 5.16. The number of methoxy groups -OCH3 is 2. The average Bonchev–Trinajstić information content (AvgIpc) is 2.78. The Morgan fingerprint density at radius 3 is 2.50 bits per heavy atom. The van der Waals surface area contributed by atoms with Crippen LogP contribution in [0.3, 0.4) is 0 Å². The maximum atomic E-state index is 13.4. The third-order valence-electron chi connectivity index (χ3n) is 4.81. The molecular formula is C22H25N3O4S. The fourth-order valence-electron chi connectivity index (χ4n) is 3.19. The standard InChI is InChI=1S/C22H25N3O4S/c1-5-24(6-2)20(26)14-30-22-23-17-10-8-7-9-16(17)21(27)25(22)18-13-15(28-3)11-12-19(18)29-4/h7-13H,5-6,14H2,1-4H3. The number of thioether (sulfide) groups is 1. The predicted molar refractivity (Wildman–Crippen MR) is 119 cm³/mol. The van der Waals surface area contributed by atoms with E-state index < -0.39 is 0 Å².